The van der Waals surface area contributed by atoms with Gasteiger partial charge in [0.15, 0.2) is 8.96 Å². The van der Waals surface area contributed by atoms with Crippen LogP contribution in [0.1, 0.15) is 25.7 Å². The highest BCUT2D eigenvalue weighted by molar-refractivity contribution is 6.52. The van der Waals surface area contributed by atoms with E-state index in [1.807, 2.05) is 7.05 Å². The topological polar surface area (TPSA) is 32.7 Å². The summed E-state index contributed by atoms with van der Waals surface area (Å²) >= 11 is 0. The normalized spacial score (nSPS) is 21.2. The molecule has 1 fully saturated rings. The molecule has 1 aliphatic rings. The molecule has 1 saturated carbocycles. The molecule has 1 aliphatic carbocycles. The van der Waals surface area contributed by atoms with Crippen molar-refractivity contribution in [1.82, 2.24) is 4.67 Å². The van der Waals surface area contributed by atoms with Gasteiger partial charge >= 0.3 is 0 Å². The first-order valence-corrected chi connectivity index (χ1v) is 7.73. The molecule has 0 aliphatic heterocycles. The lowest BCUT2D eigenvalue weighted by Crippen LogP contribution is -2.28. The smallest absolute Gasteiger partial charge is 0.156 e. The van der Waals surface area contributed by atoms with Crippen LogP contribution in [0.4, 0.5) is 0 Å². The van der Waals surface area contributed by atoms with Gasteiger partial charge in [-0.3, -0.25) is 4.79 Å². The van der Waals surface area contributed by atoms with Crippen LogP contribution < -0.4 is 0 Å². The number of ketones is 1. The Balaban J connectivity index is 2.54. The van der Waals surface area contributed by atoms with Crippen molar-refractivity contribution < 1.29 is 4.79 Å². The van der Waals surface area contributed by atoms with Crippen molar-refractivity contribution in [1.29, 1.82) is 0 Å². The SMILES string of the molecule is CN(N=C1CCCC(=O)C1)[SiH](C)C. The molecule has 1 rings (SSSR count). The van der Waals surface area contributed by atoms with Gasteiger partial charge in [0.1, 0.15) is 5.78 Å². The van der Waals surface area contributed by atoms with Gasteiger partial charge in [0.25, 0.3) is 0 Å². The summed E-state index contributed by atoms with van der Waals surface area (Å²) in [6.45, 7) is 4.46. The molecule has 3 nitrogen and oxygen atoms in total. The largest absolute Gasteiger partial charge is 0.331 e. The van der Waals surface area contributed by atoms with Gasteiger partial charge < -0.3 is 4.67 Å². The number of hydrogen-bond donors (Lipinski definition) is 0. The van der Waals surface area contributed by atoms with E-state index in [9.17, 15) is 4.79 Å². The molecular weight excluding hydrogens is 180 g/mol. The van der Waals surface area contributed by atoms with Crippen LogP contribution in [0.15, 0.2) is 5.10 Å². The highest BCUT2D eigenvalue weighted by Gasteiger charge is 2.15. The van der Waals surface area contributed by atoms with Crippen LogP contribution in [-0.4, -0.2) is 32.2 Å². The number of carbonyl (C=O) groups excluding carboxylic acids is 1. The Morgan fingerprint density at radius 3 is 2.62 bits per heavy atom. The average Bonchev–Trinajstić information content (AvgIpc) is 2.04. The zero-order valence-electron chi connectivity index (χ0n) is 8.71. The van der Waals surface area contributed by atoms with Gasteiger partial charge in [-0.2, -0.15) is 5.10 Å². The summed E-state index contributed by atoms with van der Waals surface area (Å²) < 4.78 is 2.06. The van der Waals surface area contributed by atoms with Crippen LogP contribution in [0.2, 0.25) is 13.1 Å². The fourth-order valence-electron chi connectivity index (χ4n) is 1.32. The Bertz CT molecular complexity index is 226. The summed E-state index contributed by atoms with van der Waals surface area (Å²) in [5.74, 6) is 0.351. The molecule has 4 heteroatoms. The van der Waals surface area contributed by atoms with Crippen LogP contribution in [0.5, 0.6) is 0 Å². The first kappa shape index (κ1) is 10.4. The molecule has 0 aromatic heterocycles. The van der Waals surface area contributed by atoms with E-state index in [-0.39, 0.29) is 0 Å². The second kappa shape index (κ2) is 4.55. The number of hydrogen-bond acceptors (Lipinski definition) is 3. The second-order valence-corrected chi connectivity index (χ2v) is 6.84. The third-order valence-corrected chi connectivity index (χ3v) is 3.98. The van der Waals surface area contributed by atoms with Gasteiger partial charge in [0.05, 0.1) is 0 Å². The molecule has 0 heterocycles. The highest BCUT2D eigenvalue weighted by Crippen LogP contribution is 2.12. The first-order valence-electron chi connectivity index (χ1n) is 4.90. The lowest BCUT2D eigenvalue weighted by Gasteiger charge is -2.20. The third-order valence-electron chi connectivity index (χ3n) is 2.37. The molecule has 0 aromatic rings. The van der Waals surface area contributed by atoms with Crippen LogP contribution in [0, 0.1) is 0 Å². The number of hydrazone groups is 1. The van der Waals surface area contributed by atoms with Crippen LogP contribution in [0.25, 0.3) is 0 Å². The minimum absolute atomic E-state index is 0.351. The van der Waals surface area contributed by atoms with Crippen molar-refractivity contribution in [3.8, 4) is 0 Å². The van der Waals surface area contributed by atoms with Crippen molar-refractivity contribution in [3.63, 3.8) is 0 Å². The Hall–Kier alpha value is -0.643. The van der Waals surface area contributed by atoms with Crippen LogP contribution in [0.3, 0.4) is 0 Å². The van der Waals surface area contributed by atoms with E-state index >= 15 is 0 Å². The van der Waals surface area contributed by atoms with Gasteiger partial charge in [0, 0.05) is 25.6 Å². The molecule has 0 saturated heterocycles. The zero-order valence-corrected chi connectivity index (χ0v) is 9.86. The fourth-order valence-corrected chi connectivity index (χ4v) is 1.71. The predicted molar refractivity (Wildman–Crippen MR) is 57.6 cm³/mol. The molecule has 0 amide bonds. The molecule has 0 bridgehead atoms. The van der Waals surface area contributed by atoms with Gasteiger partial charge in [0.2, 0.25) is 0 Å². The molecule has 0 spiro atoms. The molecular formula is C9H18N2OSi. The molecule has 13 heavy (non-hydrogen) atoms. The van der Waals surface area contributed by atoms with E-state index in [2.05, 4.69) is 22.9 Å². The van der Waals surface area contributed by atoms with Crippen LogP contribution in [-0.2, 0) is 4.79 Å². The van der Waals surface area contributed by atoms with E-state index in [1.54, 1.807) is 0 Å². The number of carbonyl (C=O) groups is 1. The average molecular weight is 198 g/mol. The Morgan fingerprint density at radius 2 is 2.08 bits per heavy atom. The molecule has 0 aromatic carbocycles. The third kappa shape index (κ3) is 3.30. The fraction of sp³-hybridized carbons (Fsp3) is 0.778. The van der Waals surface area contributed by atoms with E-state index in [1.165, 1.54) is 0 Å². The first-order chi connectivity index (χ1) is 6.09. The maximum absolute atomic E-state index is 11.1. The van der Waals surface area contributed by atoms with Crippen molar-refractivity contribution in [2.45, 2.75) is 38.8 Å². The number of Topliss-reactive ketones (excluding diaryl/α,β-unsaturated/α-hetero) is 1. The summed E-state index contributed by atoms with van der Waals surface area (Å²) in [6, 6.07) is 0. The van der Waals surface area contributed by atoms with E-state index in [0.717, 1.165) is 25.0 Å². The Labute approximate surface area is 81.5 Å². The molecule has 0 unspecified atom stereocenters. The minimum Gasteiger partial charge on any atom is -0.331 e. The predicted octanol–water partition coefficient (Wildman–Crippen LogP) is 1.40. The standard InChI is InChI=1S/C9H18N2OSi/c1-11(13(2)3)10-8-5-4-6-9(12)7-8/h13H,4-7H2,1-3H3. The monoisotopic (exact) mass is 198 g/mol. The number of rotatable bonds is 2. The molecule has 0 atom stereocenters. The lowest BCUT2D eigenvalue weighted by atomic mass is 9.97. The van der Waals surface area contributed by atoms with Crippen molar-refractivity contribution in [2.75, 3.05) is 7.05 Å². The Kier molecular flexibility index (Phi) is 3.66. The molecule has 74 valence electrons. The van der Waals surface area contributed by atoms with Gasteiger partial charge in [-0.05, 0) is 12.8 Å². The number of nitrogens with zero attached hydrogens (tertiary/aromatic N) is 2. The van der Waals surface area contributed by atoms with Gasteiger partial charge in [-0.1, -0.05) is 13.1 Å². The van der Waals surface area contributed by atoms with E-state index in [4.69, 9.17) is 0 Å². The zero-order chi connectivity index (χ0) is 9.84. The van der Waals surface area contributed by atoms with Crippen molar-refractivity contribution in [3.05, 3.63) is 0 Å². The maximum atomic E-state index is 11.1. The van der Waals surface area contributed by atoms with E-state index in [0.29, 0.717) is 12.2 Å². The summed E-state index contributed by atoms with van der Waals surface area (Å²) in [7, 11) is 1.20. The summed E-state index contributed by atoms with van der Waals surface area (Å²) in [4.78, 5) is 11.1. The van der Waals surface area contributed by atoms with Crippen molar-refractivity contribution >= 4 is 20.5 Å². The maximum Gasteiger partial charge on any atom is 0.156 e. The molecule has 0 N–H and O–H groups in total. The summed E-state index contributed by atoms with van der Waals surface area (Å²) in [5, 5.41) is 4.48. The van der Waals surface area contributed by atoms with E-state index < -0.39 is 8.96 Å². The van der Waals surface area contributed by atoms with Gasteiger partial charge in [-0.15, -0.1) is 0 Å². The minimum atomic E-state index is -0.821. The second-order valence-electron chi connectivity index (χ2n) is 3.90. The van der Waals surface area contributed by atoms with Crippen LogP contribution >= 0.6 is 0 Å². The summed E-state index contributed by atoms with van der Waals surface area (Å²) in [5.41, 5.74) is 1.08. The quantitative estimate of drug-likeness (QED) is 0.496. The summed E-state index contributed by atoms with van der Waals surface area (Å²) in [6.07, 6.45) is 3.34. The Morgan fingerprint density at radius 1 is 1.38 bits per heavy atom. The lowest BCUT2D eigenvalue weighted by molar-refractivity contribution is -0.118. The highest BCUT2D eigenvalue weighted by atomic mass is 28.3. The molecule has 0 radical (unpaired) electrons. The van der Waals surface area contributed by atoms with Gasteiger partial charge in [-0.25, -0.2) is 0 Å². The van der Waals surface area contributed by atoms with Crippen molar-refractivity contribution in [2.24, 2.45) is 5.10 Å².